The fourth-order valence-corrected chi connectivity index (χ4v) is 1.71. The smallest absolute Gasteiger partial charge is 0.138 e. The maximum absolute atomic E-state index is 4.32. The third kappa shape index (κ3) is 4.45. The Morgan fingerprint density at radius 1 is 1.07 bits per heavy atom. The summed E-state index contributed by atoms with van der Waals surface area (Å²) >= 11 is 0. The fraction of sp³-hybridized carbons (Fsp3) is 0.833. The van der Waals surface area contributed by atoms with Gasteiger partial charge in [0, 0.05) is 13.0 Å². The van der Waals surface area contributed by atoms with Crippen LogP contribution in [0.25, 0.3) is 0 Å². The first kappa shape index (κ1) is 12.2. The Kier molecular flexibility index (Phi) is 6.05. The predicted molar refractivity (Wildman–Crippen MR) is 62.8 cm³/mol. The van der Waals surface area contributed by atoms with Gasteiger partial charge in [-0.05, 0) is 12.8 Å². The second kappa shape index (κ2) is 7.43. The standard InChI is InChI=1S/C12H23N3/c1-3-5-7-9-12-13-11-14-15(12)10-8-6-4-2/h11H,3-10H2,1-2H3. The minimum absolute atomic E-state index is 1.04. The average Bonchev–Trinajstić information content (AvgIpc) is 2.67. The summed E-state index contributed by atoms with van der Waals surface area (Å²) in [5.41, 5.74) is 0. The van der Waals surface area contributed by atoms with E-state index in [2.05, 4.69) is 28.6 Å². The van der Waals surface area contributed by atoms with Crippen LogP contribution in [0.2, 0.25) is 0 Å². The Hall–Kier alpha value is -0.860. The van der Waals surface area contributed by atoms with E-state index in [1.54, 1.807) is 6.33 Å². The number of hydrogen-bond acceptors (Lipinski definition) is 2. The molecular formula is C12H23N3. The summed E-state index contributed by atoms with van der Waals surface area (Å²) in [7, 11) is 0. The van der Waals surface area contributed by atoms with Crippen LogP contribution < -0.4 is 0 Å². The molecule has 0 N–H and O–H groups in total. The molecule has 3 nitrogen and oxygen atoms in total. The highest BCUT2D eigenvalue weighted by Crippen LogP contribution is 2.05. The zero-order valence-corrected chi connectivity index (χ0v) is 10.1. The molecular weight excluding hydrogens is 186 g/mol. The van der Waals surface area contributed by atoms with Crippen molar-refractivity contribution in [1.29, 1.82) is 0 Å². The van der Waals surface area contributed by atoms with E-state index in [4.69, 9.17) is 0 Å². The van der Waals surface area contributed by atoms with Crippen molar-refractivity contribution in [3.8, 4) is 0 Å². The summed E-state index contributed by atoms with van der Waals surface area (Å²) in [5.74, 6) is 1.17. The van der Waals surface area contributed by atoms with E-state index in [0.717, 1.165) is 13.0 Å². The largest absolute Gasteiger partial charge is 0.250 e. The minimum Gasteiger partial charge on any atom is -0.250 e. The fourth-order valence-electron chi connectivity index (χ4n) is 1.71. The molecule has 0 aliphatic rings. The molecule has 0 saturated carbocycles. The average molecular weight is 209 g/mol. The number of unbranched alkanes of at least 4 members (excludes halogenated alkanes) is 4. The van der Waals surface area contributed by atoms with Crippen LogP contribution in [0.5, 0.6) is 0 Å². The Balaban J connectivity index is 2.32. The normalized spacial score (nSPS) is 10.8. The third-order valence-electron chi connectivity index (χ3n) is 2.67. The van der Waals surface area contributed by atoms with E-state index in [0.29, 0.717) is 0 Å². The van der Waals surface area contributed by atoms with Crippen LogP contribution >= 0.6 is 0 Å². The van der Waals surface area contributed by atoms with Gasteiger partial charge in [0.15, 0.2) is 0 Å². The van der Waals surface area contributed by atoms with Crippen LogP contribution in [-0.4, -0.2) is 14.8 Å². The Morgan fingerprint density at radius 3 is 2.53 bits per heavy atom. The van der Waals surface area contributed by atoms with Gasteiger partial charge in [0.25, 0.3) is 0 Å². The topological polar surface area (TPSA) is 30.7 Å². The summed E-state index contributed by atoms with van der Waals surface area (Å²) in [5, 5.41) is 4.27. The third-order valence-corrected chi connectivity index (χ3v) is 2.67. The molecule has 86 valence electrons. The van der Waals surface area contributed by atoms with Gasteiger partial charge in [-0.1, -0.05) is 39.5 Å². The van der Waals surface area contributed by atoms with Crippen LogP contribution in [0.3, 0.4) is 0 Å². The van der Waals surface area contributed by atoms with E-state index < -0.39 is 0 Å². The van der Waals surface area contributed by atoms with Crippen molar-refractivity contribution < 1.29 is 0 Å². The molecule has 3 heteroatoms. The lowest BCUT2D eigenvalue weighted by molar-refractivity contribution is 0.522. The van der Waals surface area contributed by atoms with Crippen molar-refractivity contribution in [1.82, 2.24) is 14.8 Å². The summed E-state index contributed by atoms with van der Waals surface area (Å²) in [6, 6.07) is 0. The van der Waals surface area contributed by atoms with Crippen molar-refractivity contribution in [3.05, 3.63) is 12.2 Å². The highest BCUT2D eigenvalue weighted by atomic mass is 15.3. The molecule has 0 fully saturated rings. The molecule has 1 rings (SSSR count). The van der Waals surface area contributed by atoms with E-state index in [1.165, 1.54) is 44.3 Å². The zero-order chi connectivity index (χ0) is 10.9. The van der Waals surface area contributed by atoms with Crippen LogP contribution in [0.4, 0.5) is 0 Å². The Morgan fingerprint density at radius 2 is 1.80 bits per heavy atom. The highest BCUT2D eigenvalue weighted by molar-refractivity contribution is 4.84. The Labute approximate surface area is 92.9 Å². The molecule has 0 saturated heterocycles. The van der Waals surface area contributed by atoms with Gasteiger partial charge in [-0.3, -0.25) is 4.68 Å². The molecule has 0 unspecified atom stereocenters. The summed E-state index contributed by atoms with van der Waals surface area (Å²) in [6.45, 7) is 5.49. The maximum Gasteiger partial charge on any atom is 0.138 e. The van der Waals surface area contributed by atoms with Gasteiger partial charge >= 0.3 is 0 Å². The van der Waals surface area contributed by atoms with E-state index in [1.807, 2.05) is 0 Å². The van der Waals surface area contributed by atoms with E-state index in [9.17, 15) is 0 Å². The predicted octanol–water partition coefficient (Wildman–Crippen LogP) is 3.20. The lowest BCUT2D eigenvalue weighted by Crippen LogP contribution is -2.06. The summed E-state index contributed by atoms with van der Waals surface area (Å²) < 4.78 is 2.07. The highest BCUT2D eigenvalue weighted by Gasteiger charge is 2.02. The van der Waals surface area contributed by atoms with Gasteiger partial charge < -0.3 is 0 Å². The first-order valence-corrected chi connectivity index (χ1v) is 6.25. The SMILES string of the molecule is CCCCCc1ncnn1CCCCC. The van der Waals surface area contributed by atoms with Gasteiger partial charge in [-0.15, -0.1) is 0 Å². The molecule has 0 bridgehead atoms. The van der Waals surface area contributed by atoms with E-state index in [-0.39, 0.29) is 0 Å². The number of hydrogen-bond donors (Lipinski definition) is 0. The number of nitrogens with zero attached hydrogens (tertiary/aromatic N) is 3. The maximum atomic E-state index is 4.32. The van der Waals surface area contributed by atoms with Crippen molar-refractivity contribution in [3.63, 3.8) is 0 Å². The zero-order valence-electron chi connectivity index (χ0n) is 10.1. The molecule has 0 aliphatic carbocycles. The minimum atomic E-state index is 1.04. The molecule has 0 atom stereocenters. The first-order chi connectivity index (χ1) is 7.38. The first-order valence-electron chi connectivity index (χ1n) is 6.25. The quantitative estimate of drug-likeness (QED) is 0.615. The molecule has 0 radical (unpaired) electrons. The number of aryl methyl sites for hydroxylation is 2. The van der Waals surface area contributed by atoms with Crippen LogP contribution in [-0.2, 0) is 13.0 Å². The van der Waals surface area contributed by atoms with Crippen molar-refractivity contribution in [2.45, 2.75) is 65.3 Å². The number of aromatic nitrogens is 3. The lowest BCUT2D eigenvalue weighted by atomic mass is 10.2. The molecule has 15 heavy (non-hydrogen) atoms. The Bertz CT molecular complexity index is 231. The van der Waals surface area contributed by atoms with E-state index >= 15 is 0 Å². The lowest BCUT2D eigenvalue weighted by Gasteiger charge is -2.04. The van der Waals surface area contributed by atoms with Gasteiger partial charge in [0.2, 0.25) is 0 Å². The van der Waals surface area contributed by atoms with Crippen LogP contribution in [0, 0.1) is 0 Å². The molecule has 1 aromatic rings. The number of rotatable bonds is 8. The van der Waals surface area contributed by atoms with Gasteiger partial charge in [-0.2, -0.15) is 5.10 Å². The van der Waals surface area contributed by atoms with Crippen molar-refractivity contribution >= 4 is 0 Å². The molecule has 0 aliphatic heterocycles. The van der Waals surface area contributed by atoms with Crippen molar-refractivity contribution in [2.75, 3.05) is 0 Å². The van der Waals surface area contributed by atoms with Gasteiger partial charge in [0.05, 0.1) is 0 Å². The summed E-state index contributed by atoms with van der Waals surface area (Å²) in [6.07, 6.45) is 10.3. The van der Waals surface area contributed by atoms with Crippen LogP contribution in [0.1, 0.15) is 58.2 Å². The summed E-state index contributed by atoms with van der Waals surface area (Å²) in [4.78, 5) is 4.32. The molecule has 0 spiro atoms. The molecule has 1 heterocycles. The molecule has 0 aromatic carbocycles. The van der Waals surface area contributed by atoms with Gasteiger partial charge in [-0.25, -0.2) is 4.98 Å². The molecule has 0 amide bonds. The monoisotopic (exact) mass is 209 g/mol. The molecule has 1 aromatic heterocycles. The second-order valence-corrected chi connectivity index (χ2v) is 4.06. The van der Waals surface area contributed by atoms with Crippen molar-refractivity contribution in [2.24, 2.45) is 0 Å². The second-order valence-electron chi connectivity index (χ2n) is 4.06. The van der Waals surface area contributed by atoms with Crippen LogP contribution in [0.15, 0.2) is 6.33 Å². The van der Waals surface area contributed by atoms with Gasteiger partial charge in [0.1, 0.15) is 12.2 Å².